The SMILES string of the molecule is CCCC1(C(=O)NC(C)CN2CCCCC2)CCCN1. The van der Waals surface area contributed by atoms with Gasteiger partial charge in [0, 0.05) is 12.6 Å². The molecule has 2 atom stereocenters. The summed E-state index contributed by atoms with van der Waals surface area (Å²) in [6.45, 7) is 8.66. The van der Waals surface area contributed by atoms with Crippen LogP contribution in [0.25, 0.3) is 0 Å². The minimum atomic E-state index is -0.287. The van der Waals surface area contributed by atoms with E-state index < -0.39 is 0 Å². The summed E-state index contributed by atoms with van der Waals surface area (Å²) in [5, 5.41) is 6.71. The monoisotopic (exact) mass is 281 g/mol. The van der Waals surface area contributed by atoms with Crippen molar-refractivity contribution in [2.24, 2.45) is 0 Å². The van der Waals surface area contributed by atoms with Gasteiger partial charge in [-0.25, -0.2) is 0 Å². The minimum absolute atomic E-state index is 0.223. The molecule has 0 saturated carbocycles. The number of carbonyl (C=O) groups is 1. The van der Waals surface area contributed by atoms with Gasteiger partial charge in [0.05, 0.1) is 5.54 Å². The predicted octanol–water partition coefficient (Wildman–Crippen LogP) is 1.90. The van der Waals surface area contributed by atoms with Gasteiger partial charge >= 0.3 is 0 Å². The maximum absolute atomic E-state index is 12.6. The van der Waals surface area contributed by atoms with Crippen molar-refractivity contribution in [3.8, 4) is 0 Å². The third-order valence-corrected chi connectivity index (χ3v) is 4.71. The van der Waals surface area contributed by atoms with Crippen molar-refractivity contribution < 1.29 is 4.79 Å². The molecule has 1 amide bonds. The van der Waals surface area contributed by atoms with Crippen molar-refractivity contribution in [2.75, 3.05) is 26.2 Å². The van der Waals surface area contributed by atoms with Crippen LogP contribution < -0.4 is 10.6 Å². The molecular formula is C16H31N3O. The van der Waals surface area contributed by atoms with E-state index >= 15 is 0 Å². The Balaban J connectivity index is 1.82. The maximum atomic E-state index is 12.6. The molecule has 116 valence electrons. The Morgan fingerprint density at radius 1 is 1.30 bits per heavy atom. The number of nitrogens with zero attached hydrogens (tertiary/aromatic N) is 1. The first-order chi connectivity index (χ1) is 9.66. The molecule has 2 N–H and O–H groups in total. The Kier molecular flexibility index (Phi) is 5.85. The number of nitrogens with one attached hydrogen (secondary N) is 2. The summed E-state index contributed by atoms with van der Waals surface area (Å²) in [7, 11) is 0. The molecule has 2 fully saturated rings. The quantitative estimate of drug-likeness (QED) is 0.781. The molecule has 2 aliphatic rings. The summed E-state index contributed by atoms with van der Waals surface area (Å²) in [5.74, 6) is 0.223. The van der Waals surface area contributed by atoms with Crippen LogP contribution in [0.5, 0.6) is 0 Å². The van der Waals surface area contributed by atoms with Gasteiger partial charge < -0.3 is 15.5 Å². The Morgan fingerprint density at radius 3 is 2.65 bits per heavy atom. The van der Waals surface area contributed by atoms with Crippen molar-refractivity contribution in [1.29, 1.82) is 0 Å². The van der Waals surface area contributed by atoms with Crippen LogP contribution in [0.2, 0.25) is 0 Å². The second kappa shape index (κ2) is 7.41. The highest BCUT2D eigenvalue weighted by Crippen LogP contribution is 2.25. The summed E-state index contributed by atoms with van der Waals surface area (Å²) in [5.41, 5.74) is -0.287. The second-order valence-corrected chi connectivity index (χ2v) is 6.60. The van der Waals surface area contributed by atoms with Crippen molar-refractivity contribution in [3.63, 3.8) is 0 Å². The van der Waals surface area contributed by atoms with Gasteiger partial charge in [-0.1, -0.05) is 19.8 Å². The molecule has 0 aromatic rings. The topological polar surface area (TPSA) is 44.4 Å². The average molecular weight is 281 g/mol. The van der Waals surface area contributed by atoms with Crippen LogP contribution in [0.1, 0.15) is 58.8 Å². The van der Waals surface area contributed by atoms with Crippen molar-refractivity contribution in [2.45, 2.75) is 70.4 Å². The maximum Gasteiger partial charge on any atom is 0.240 e. The number of amides is 1. The zero-order valence-corrected chi connectivity index (χ0v) is 13.2. The van der Waals surface area contributed by atoms with Gasteiger partial charge in [0.25, 0.3) is 0 Å². The van der Waals surface area contributed by atoms with Crippen molar-refractivity contribution in [3.05, 3.63) is 0 Å². The Morgan fingerprint density at radius 2 is 2.05 bits per heavy atom. The third kappa shape index (κ3) is 3.95. The molecule has 0 aromatic heterocycles. The summed E-state index contributed by atoms with van der Waals surface area (Å²) in [6, 6.07) is 0.247. The molecule has 2 saturated heterocycles. The third-order valence-electron chi connectivity index (χ3n) is 4.71. The van der Waals surface area contributed by atoms with E-state index in [-0.39, 0.29) is 17.5 Å². The molecule has 2 rings (SSSR count). The molecule has 2 unspecified atom stereocenters. The molecule has 0 spiro atoms. The van der Waals surface area contributed by atoms with Gasteiger partial charge in [0.1, 0.15) is 0 Å². The second-order valence-electron chi connectivity index (χ2n) is 6.60. The molecule has 4 heteroatoms. The standard InChI is InChI=1S/C16H31N3O/c1-3-8-16(9-7-10-17-16)15(20)18-14(2)13-19-11-5-4-6-12-19/h14,17H,3-13H2,1-2H3,(H,18,20). The molecular weight excluding hydrogens is 250 g/mol. The van der Waals surface area contributed by atoms with Gasteiger partial charge in [0.2, 0.25) is 5.91 Å². The number of rotatable bonds is 6. The van der Waals surface area contributed by atoms with E-state index in [0.717, 1.165) is 38.8 Å². The minimum Gasteiger partial charge on any atom is -0.351 e. The number of hydrogen-bond donors (Lipinski definition) is 2. The summed E-state index contributed by atoms with van der Waals surface area (Å²) >= 11 is 0. The van der Waals surface area contributed by atoms with Crippen LogP contribution >= 0.6 is 0 Å². The molecule has 0 aliphatic carbocycles. The van der Waals surface area contributed by atoms with Crippen LogP contribution in [0.3, 0.4) is 0 Å². The van der Waals surface area contributed by atoms with E-state index in [1.807, 2.05) is 0 Å². The lowest BCUT2D eigenvalue weighted by atomic mass is 9.90. The van der Waals surface area contributed by atoms with E-state index in [1.54, 1.807) is 0 Å². The Hall–Kier alpha value is -0.610. The summed E-state index contributed by atoms with van der Waals surface area (Å²) in [6.07, 6.45) is 8.10. The van der Waals surface area contributed by atoms with Crippen molar-refractivity contribution >= 4 is 5.91 Å². The fourth-order valence-electron chi connectivity index (χ4n) is 3.69. The van der Waals surface area contributed by atoms with Gasteiger partial charge in [-0.3, -0.25) is 4.79 Å². The zero-order valence-electron chi connectivity index (χ0n) is 13.2. The Labute approximate surface area is 123 Å². The van der Waals surface area contributed by atoms with Gasteiger partial charge in [-0.2, -0.15) is 0 Å². The number of piperidine rings is 1. The zero-order chi connectivity index (χ0) is 14.4. The van der Waals surface area contributed by atoms with E-state index in [0.29, 0.717) is 0 Å². The number of carbonyl (C=O) groups excluding carboxylic acids is 1. The molecule has 0 aromatic carbocycles. The fraction of sp³-hybridized carbons (Fsp3) is 0.938. The number of hydrogen-bond acceptors (Lipinski definition) is 3. The molecule has 2 heterocycles. The summed E-state index contributed by atoms with van der Waals surface area (Å²) in [4.78, 5) is 15.1. The summed E-state index contributed by atoms with van der Waals surface area (Å²) < 4.78 is 0. The van der Waals surface area contributed by atoms with Crippen LogP contribution in [-0.4, -0.2) is 48.6 Å². The van der Waals surface area contributed by atoms with Crippen LogP contribution in [0.4, 0.5) is 0 Å². The highest BCUT2D eigenvalue weighted by Gasteiger charge is 2.40. The first-order valence-corrected chi connectivity index (χ1v) is 8.44. The molecule has 4 nitrogen and oxygen atoms in total. The Bertz CT molecular complexity index is 307. The highest BCUT2D eigenvalue weighted by atomic mass is 16.2. The van der Waals surface area contributed by atoms with Gasteiger partial charge in [-0.05, 0) is 58.7 Å². The van der Waals surface area contributed by atoms with Crippen molar-refractivity contribution in [1.82, 2.24) is 15.5 Å². The van der Waals surface area contributed by atoms with Crippen LogP contribution in [0, 0.1) is 0 Å². The first-order valence-electron chi connectivity index (χ1n) is 8.44. The predicted molar refractivity (Wildman–Crippen MR) is 82.8 cm³/mol. The van der Waals surface area contributed by atoms with Crippen LogP contribution in [-0.2, 0) is 4.79 Å². The fourth-order valence-corrected chi connectivity index (χ4v) is 3.69. The van der Waals surface area contributed by atoms with Crippen LogP contribution in [0.15, 0.2) is 0 Å². The largest absolute Gasteiger partial charge is 0.351 e. The average Bonchev–Trinajstić information content (AvgIpc) is 2.90. The van der Waals surface area contributed by atoms with Gasteiger partial charge in [0.15, 0.2) is 0 Å². The molecule has 0 radical (unpaired) electrons. The first kappa shape index (κ1) is 15.8. The lowest BCUT2D eigenvalue weighted by Crippen LogP contribution is -2.56. The normalized spacial score (nSPS) is 29.3. The lowest BCUT2D eigenvalue weighted by Gasteiger charge is -2.33. The van der Waals surface area contributed by atoms with E-state index in [4.69, 9.17) is 0 Å². The lowest BCUT2D eigenvalue weighted by molar-refractivity contribution is -0.128. The highest BCUT2D eigenvalue weighted by molar-refractivity contribution is 5.86. The van der Waals surface area contributed by atoms with Gasteiger partial charge in [-0.15, -0.1) is 0 Å². The molecule has 0 bridgehead atoms. The van der Waals surface area contributed by atoms with E-state index in [9.17, 15) is 4.79 Å². The molecule has 2 aliphatic heterocycles. The smallest absolute Gasteiger partial charge is 0.240 e. The number of likely N-dealkylation sites (tertiary alicyclic amines) is 1. The van der Waals surface area contributed by atoms with E-state index in [2.05, 4.69) is 29.4 Å². The molecule has 20 heavy (non-hydrogen) atoms. The van der Waals surface area contributed by atoms with E-state index in [1.165, 1.54) is 32.4 Å².